The number of nitrogens with zero attached hydrogens (tertiary/aromatic N) is 2. The van der Waals surface area contributed by atoms with Gasteiger partial charge in [-0.1, -0.05) is 26.0 Å². The van der Waals surface area contributed by atoms with E-state index >= 15 is 0 Å². The summed E-state index contributed by atoms with van der Waals surface area (Å²) in [5.41, 5.74) is 0.473. The molecule has 2 atom stereocenters. The number of nitrogens with one attached hydrogen (secondary N) is 1. The second-order valence-electron chi connectivity index (χ2n) is 11.6. The van der Waals surface area contributed by atoms with Crippen LogP contribution in [0.25, 0.3) is 0 Å². The van der Waals surface area contributed by atoms with Crippen LogP contribution < -0.4 is 5.32 Å². The van der Waals surface area contributed by atoms with Crippen molar-refractivity contribution in [3.63, 3.8) is 0 Å². The van der Waals surface area contributed by atoms with E-state index in [1.54, 1.807) is 19.1 Å². The van der Waals surface area contributed by atoms with Gasteiger partial charge in [0.25, 0.3) is 0 Å². The molecule has 186 valence electrons. The van der Waals surface area contributed by atoms with Gasteiger partial charge in [0, 0.05) is 38.6 Å². The molecule has 34 heavy (non-hydrogen) atoms. The lowest BCUT2D eigenvalue weighted by molar-refractivity contribution is -0.164. The van der Waals surface area contributed by atoms with Crippen molar-refractivity contribution in [2.24, 2.45) is 17.3 Å². The van der Waals surface area contributed by atoms with Crippen LogP contribution in [-0.2, 0) is 19.6 Å². The number of hydrogen-bond acceptors (Lipinski definition) is 4. The van der Waals surface area contributed by atoms with Gasteiger partial charge in [0.15, 0.2) is 0 Å². The molecule has 0 aromatic heterocycles. The maximum absolute atomic E-state index is 13.9. The quantitative estimate of drug-likeness (QED) is 0.691. The Morgan fingerprint density at radius 3 is 2.09 bits per heavy atom. The minimum Gasteiger partial charge on any atom is -0.351 e. The molecule has 5 aliphatic rings. The molecule has 0 unspecified atom stereocenters. The van der Waals surface area contributed by atoms with Crippen LogP contribution in [0, 0.1) is 17.3 Å². The molecule has 4 aliphatic carbocycles. The van der Waals surface area contributed by atoms with Crippen molar-refractivity contribution in [1.82, 2.24) is 14.5 Å². The van der Waals surface area contributed by atoms with Crippen LogP contribution >= 0.6 is 0 Å². The molecule has 1 heterocycles. The van der Waals surface area contributed by atoms with Gasteiger partial charge < -0.3 is 10.2 Å². The van der Waals surface area contributed by atoms with E-state index in [1.807, 2.05) is 17.0 Å². The first-order valence-corrected chi connectivity index (χ1v) is 14.1. The van der Waals surface area contributed by atoms with Gasteiger partial charge in [-0.05, 0) is 74.0 Å². The van der Waals surface area contributed by atoms with E-state index in [-0.39, 0.29) is 17.4 Å². The fraction of sp³-hybridized carbons (Fsp3) is 0.692. The molecule has 7 nitrogen and oxygen atoms in total. The molecule has 2 amide bonds. The second-order valence-corrected chi connectivity index (χ2v) is 13.6. The van der Waals surface area contributed by atoms with Crippen LogP contribution in [0.15, 0.2) is 29.2 Å². The first-order valence-electron chi connectivity index (χ1n) is 12.7. The monoisotopic (exact) mass is 487 g/mol. The highest BCUT2D eigenvalue weighted by atomic mass is 32.2. The third-order valence-corrected chi connectivity index (χ3v) is 10.6. The largest absolute Gasteiger partial charge is 0.351 e. The predicted molar refractivity (Wildman–Crippen MR) is 130 cm³/mol. The van der Waals surface area contributed by atoms with Crippen LogP contribution in [0.4, 0.5) is 0 Å². The molecule has 1 N–H and O–H groups in total. The Hall–Kier alpha value is -1.93. The smallest absolute Gasteiger partial charge is 0.243 e. The highest BCUT2D eigenvalue weighted by Crippen LogP contribution is 2.62. The van der Waals surface area contributed by atoms with E-state index in [4.69, 9.17) is 0 Å². The molecule has 8 heteroatoms. The van der Waals surface area contributed by atoms with Crippen molar-refractivity contribution in [3.8, 4) is 0 Å². The van der Waals surface area contributed by atoms with Gasteiger partial charge in [-0.2, -0.15) is 4.31 Å². The third kappa shape index (κ3) is 4.06. The summed E-state index contributed by atoms with van der Waals surface area (Å²) >= 11 is 0. The van der Waals surface area contributed by atoms with Gasteiger partial charge >= 0.3 is 0 Å². The van der Waals surface area contributed by atoms with Crippen LogP contribution in [0.5, 0.6) is 0 Å². The fourth-order valence-electron chi connectivity index (χ4n) is 7.67. The molecule has 1 aromatic carbocycles. The zero-order chi connectivity index (χ0) is 24.3. The molecule has 0 radical (unpaired) electrons. The number of carbonyl (C=O) groups is 2. The lowest BCUT2D eigenvalue weighted by Crippen LogP contribution is -2.66. The number of amides is 2. The average molecular weight is 488 g/mol. The summed E-state index contributed by atoms with van der Waals surface area (Å²) in [6, 6.07) is 7.16. The number of carbonyl (C=O) groups excluding carboxylic acids is 2. The summed E-state index contributed by atoms with van der Waals surface area (Å²) < 4.78 is 27.9. The van der Waals surface area contributed by atoms with Crippen LogP contribution in [0.1, 0.15) is 70.8 Å². The van der Waals surface area contributed by atoms with E-state index in [0.717, 1.165) is 44.1 Å². The van der Waals surface area contributed by atoms with Gasteiger partial charge in [-0.3, -0.25) is 9.59 Å². The van der Waals surface area contributed by atoms with Crippen LogP contribution in [-0.4, -0.2) is 61.2 Å². The van der Waals surface area contributed by atoms with Crippen molar-refractivity contribution in [2.75, 3.05) is 26.2 Å². The molecular weight excluding hydrogens is 450 g/mol. The summed E-state index contributed by atoms with van der Waals surface area (Å²) in [5, 5.41) is 3.23. The Bertz CT molecular complexity index is 1060. The second kappa shape index (κ2) is 8.33. The maximum atomic E-state index is 13.9. The Morgan fingerprint density at radius 1 is 0.971 bits per heavy atom. The predicted octanol–water partition coefficient (Wildman–Crippen LogP) is 3.12. The van der Waals surface area contributed by atoms with Gasteiger partial charge in [-0.25, -0.2) is 8.42 Å². The lowest BCUT2D eigenvalue weighted by atomic mass is 9.46. The summed E-state index contributed by atoms with van der Waals surface area (Å²) in [6.07, 6.45) is 5.68. The normalized spacial score (nSPS) is 33.4. The van der Waals surface area contributed by atoms with E-state index in [2.05, 4.69) is 19.2 Å². The summed E-state index contributed by atoms with van der Waals surface area (Å²) in [6.45, 7) is 7.23. The topological polar surface area (TPSA) is 86.8 Å². The molecule has 6 rings (SSSR count). The minimum atomic E-state index is -3.57. The van der Waals surface area contributed by atoms with Crippen LogP contribution in [0.2, 0.25) is 0 Å². The molecule has 4 bridgehead atoms. The number of rotatable bonds is 5. The highest BCUT2D eigenvalue weighted by molar-refractivity contribution is 7.89. The molecular formula is C26H37N3O4S. The third-order valence-electron chi connectivity index (χ3n) is 8.67. The SMILES string of the molecule is CC(=O)NC12C[C@@H]3C[C@@H](C1)CC(C(=O)N1CCN(S(=O)(=O)c4ccc(C(C)C)cc4)CC1)(C3)C2. The van der Waals surface area contributed by atoms with Gasteiger partial charge in [-0.15, -0.1) is 0 Å². The molecule has 4 saturated carbocycles. The zero-order valence-corrected chi connectivity index (χ0v) is 21.4. The van der Waals surface area contributed by atoms with Gasteiger partial charge in [0.05, 0.1) is 10.3 Å². The van der Waals surface area contributed by atoms with E-state index in [9.17, 15) is 18.0 Å². The van der Waals surface area contributed by atoms with Crippen molar-refractivity contribution < 1.29 is 18.0 Å². The Morgan fingerprint density at radius 2 is 1.56 bits per heavy atom. The molecule has 1 aliphatic heterocycles. The minimum absolute atomic E-state index is 0.00945. The van der Waals surface area contributed by atoms with E-state index < -0.39 is 15.4 Å². The molecule has 1 aromatic rings. The van der Waals surface area contributed by atoms with Crippen LogP contribution in [0.3, 0.4) is 0 Å². The Kier molecular flexibility index (Phi) is 5.83. The Labute approximate surface area is 203 Å². The zero-order valence-electron chi connectivity index (χ0n) is 20.5. The number of hydrogen-bond donors (Lipinski definition) is 1. The molecule has 0 spiro atoms. The van der Waals surface area contributed by atoms with Crippen molar-refractivity contribution in [2.45, 2.75) is 75.6 Å². The van der Waals surface area contributed by atoms with E-state index in [1.165, 1.54) is 4.31 Å². The number of sulfonamides is 1. The highest BCUT2D eigenvalue weighted by Gasteiger charge is 2.61. The number of piperazine rings is 1. The molecule has 5 fully saturated rings. The van der Waals surface area contributed by atoms with Gasteiger partial charge in [0.1, 0.15) is 0 Å². The van der Waals surface area contributed by atoms with Crippen molar-refractivity contribution in [3.05, 3.63) is 29.8 Å². The number of benzene rings is 1. The van der Waals surface area contributed by atoms with Crippen molar-refractivity contribution >= 4 is 21.8 Å². The summed E-state index contributed by atoms with van der Waals surface area (Å²) in [5.74, 6) is 1.50. The van der Waals surface area contributed by atoms with Crippen molar-refractivity contribution in [1.29, 1.82) is 0 Å². The van der Waals surface area contributed by atoms with E-state index in [0.29, 0.717) is 48.8 Å². The average Bonchev–Trinajstić information content (AvgIpc) is 2.77. The standard InChI is InChI=1S/C26H37N3O4S/c1-18(2)22-4-6-23(7-5-22)34(32,33)29-10-8-28(9-11-29)24(31)25-13-20-12-21(14-25)16-26(15-20,17-25)27-19(3)30/h4-7,18,20-21H,8-17H2,1-3H3,(H,27,30)/t20-,21-,25?,26?/m1/s1. The Balaban J connectivity index is 1.28. The summed E-state index contributed by atoms with van der Waals surface area (Å²) in [7, 11) is -3.57. The summed E-state index contributed by atoms with van der Waals surface area (Å²) in [4.78, 5) is 28.0. The fourth-order valence-corrected chi connectivity index (χ4v) is 9.10. The molecule has 1 saturated heterocycles. The first kappa shape index (κ1) is 23.8. The lowest BCUT2D eigenvalue weighted by Gasteiger charge is -2.62. The first-order chi connectivity index (χ1) is 16.0. The maximum Gasteiger partial charge on any atom is 0.243 e. The van der Waals surface area contributed by atoms with Gasteiger partial charge in [0.2, 0.25) is 21.8 Å².